The summed E-state index contributed by atoms with van der Waals surface area (Å²) in [4.78, 5) is 12.0. The fourth-order valence-electron chi connectivity index (χ4n) is 1.38. The summed E-state index contributed by atoms with van der Waals surface area (Å²) >= 11 is -0.822. The molecule has 0 bridgehead atoms. The van der Waals surface area contributed by atoms with Crippen molar-refractivity contribution in [1.82, 2.24) is 4.83 Å². The Kier molecular flexibility index (Phi) is 5.09. The normalized spacial score (nSPS) is 12.0. The van der Waals surface area contributed by atoms with E-state index in [0.717, 1.165) is 15.7 Å². The number of benzene rings is 2. The fourth-order valence-corrected chi connectivity index (χ4v) is 4.20. The summed E-state index contributed by atoms with van der Waals surface area (Å²) in [6, 6.07) is 14.0. The summed E-state index contributed by atoms with van der Waals surface area (Å²) in [5, 5.41) is 10.5. The van der Waals surface area contributed by atoms with E-state index in [2.05, 4.69) is 8.09 Å². The molecule has 0 heterocycles. The molecule has 0 aliphatic heterocycles. The number of hydrogen-bond acceptors (Lipinski definition) is 5. The molecule has 0 spiro atoms. The molecule has 0 saturated heterocycles. The third-order valence-corrected chi connectivity index (χ3v) is 5.70. The lowest BCUT2D eigenvalue weighted by Gasteiger charge is -2.01. The second kappa shape index (κ2) is 6.83. The maximum absolute atomic E-state index is 11.9. The molecule has 1 N–H and O–H groups in total. The van der Waals surface area contributed by atoms with Crippen LogP contribution in [0.5, 0.6) is 0 Å². The van der Waals surface area contributed by atoms with Gasteiger partial charge in [0.2, 0.25) is 0 Å². The molecule has 21 heavy (non-hydrogen) atoms. The summed E-state index contributed by atoms with van der Waals surface area (Å²) in [5.74, 6) is 0. The Balaban J connectivity index is 2.11. The largest absolute Gasteiger partial charge is 0.269 e. The van der Waals surface area contributed by atoms with Crippen LogP contribution in [-0.2, 0) is 10.0 Å². The Morgan fingerprint density at radius 3 is 2.24 bits per heavy atom. The van der Waals surface area contributed by atoms with Crippen LogP contribution in [0, 0.1) is 13.7 Å². The Hall–Kier alpha value is -1.72. The molecule has 7 nitrogen and oxygen atoms in total. The van der Waals surface area contributed by atoms with Crippen molar-refractivity contribution in [3.05, 3.63) is 68.3 Å². The number of rotatable bonds is 5. The number of hydrogen-bond donors (Lipinski definition) is 1. The van der Waals surface area contributed by atoms with Crippen LogP contribution in [-0.4, -0.2) is 13.3 Å². The number of nitrogens with zero attached hydrogens (tertiary/aromatic N) is 2. The fraction of sp³-hybridized carbons (Fsp3) is 0. The highest BCUT2D eigenvalue weighted by Gasteiger charge is 2.14. The van der Waals surface area contributed by atoms with Crippen molar-refractivity contribution in [1.29, 1.82) is 0 Å². The van der Waals surface area contributed by atoms with E-state index in [4.69, 9.17) is 0 Å². The molecule has 0 atom stereocenters. The number of nitrogens with one attached hydrogen (secondary N) is 1. The molecule has 2 aromatic rings. The van der Waals surface area contributed by atoms with E-state index < -0.39 is 36.0 Å². The highest BCUT2D eigenvalue weighted by atomic mass is 127. The first-order valence-electron chi connectivity index (χ1n) is 5.64. The first-order valence-corrected chi connectivity index (χ1v) is 9.17. The van der Waals surface area contributed by atoms with Crippen LogP contribution < -0.4 is 4.83 Å². The van der Waals surface area contributed by atoms with Crippen molar-refractivity contribution in [2.24, 2.45) is 3.25 Å². The van der Waals surface area contributed by atoms with Gasteiger partial charge in [0.25, 0.3) is 15.7 Å². The second-order valence-corrected chi connectivity index (χ2v) is 7.68. The molecule has 0 radical (unpaired) electrons. The first kappa shape index (κ1) is 15.7. The molecule has 0 aliphatic rings. The number of sulfonamides is 1. The lowest BCUT2D eigenvalue weighted by molar-refractivity contribution is -0.384. The Morgan fingerprint density at radius 2 is 1.67 bits per heavy atom. The molecule has 0 aliphatic carbocycles. The van der Waals surface area contributed by atoms with E-state index in [0.29, 0.717) is 0 Å². The van der Waals surface area contributed by atoms with Crippen molar-refractivity contribution in [3.63, 3.8) is 0 Å². The van der Waals surface area contributed by atoms with Gasteiger partial charge in [-0.15, -0.1) is 0 Å². The zero-order valence-electron chi connectivity index (χ0n) is 10.5. The minimum absolute atomic E-state index is 0.0612. The monoisotopic (exact) mass is 419 g/mol. The maximum atomic E-state index is 11.9. The quantitative estimate of drug-likeness (QED) is 0.458. The average molecular weight is 419 g/mol. The Morgan fingerprint density at radius 1 is 1.05 bits per heavy atom. The molecular weight excluding hydrogens is 409 g/mol. The molecule has 0 unspecified atom stereocenters. The van der Waals surface area contributed by atoms with E-state index in [-0.39, 0.29) is 10.6 Å². The standard InChI is InChI=1S/C12H10IN3O4S/c17-16(18)11-6-8-12(9-7-11)21(19,20)15-14-13-10-4-2-1-3-5-10/h1-9,15H. The van der Waals surface area contributed by atoms with Crippen LogP contribution in [0.25, 0.3) is 0 Å². The van der Waals surface area contributed by atoms with Crippen molar-refractivity contribution in [3.8, 4) is 0 Å². The molecule has 0 amide bonds. The van der Waals surface area contributed by atoms with Crippen LogP contribution in [0.1, 0.15) is 0 Å². The van der Waals surface area contributed by atoms with Gasteiger partial charge in [0.05, 0.1) is 9.82 Å². The molecule has 0 fully saturated rings. The van der Waals surface area contributed by atoms with Crippen molar-refractivity contribution in [2.45, 2.75) is 4.90 Å². The van der Waals surface area contributed by atoms with Gasteiger partial charge in [0.15, 0.2) is 0 Å². The van der Waals surface area contributed by atoms with Crippen LogP contribution in [0.4, 0.5) is 5.69 Å². The van der Waals surface area contributed by atoms with Gasteiger partial charge in [0.1, 0.15) is 0 Å². The van der Waals surface area contributed by atoms with Crippen LogP contribution in [0.2, 0.25) is 0 Å². The molecule has 9 heteroatoms. The lowest BCUT2D eigenvalue weighted by Crippen LogP contribution is -2.16. The minimum atomic E-state index is -3.78. The number of nitro benzene ring substituents is 1. The van der Waals surface area contributed by atoms with Crippen LogP contribution in [0.15, 0.2) is 62.7 Å². The van der Waals surface area contributed by atoms with Gasteiger partial charge in [-0.05, 0) is 24.3 Å². The SMILES string of the molecule is O=[N+]([O-])c1ccc(S(=O)(=O)NN=Ic2ccccc2)cc1. The topological polar surface area (TPSA) is 102 Å². The number of nitro groups is 1. The van der Waals surface area contributed by atoms with Gasteiger partial charge in [-0.1, -0.05) is 23.0 Å². The van der Waals surface area contributed by atoms with Crippen LogP contribution in [0.3, 0.4) is 0 Å². The summed E-state index contributed by atoms with van der Waals surface area (Å²) in [7, 11) is -3.78. The van der Waals surface area contributed by atoms with Crippen molar-refractivity contribution >= 4 is 36.7 Å². The Bertz CT molecular complexity index is 761. The summed E-state index contributed by atoms with van der Waals surface area (Å²) in [6.07, 6.45) is 0. The third kappa shape index (κ3) is 4.37. The van der Waals surface area contributed by atoms with Gasteiger partial charge in [0, 0.05) is 36.7 Å². The molecule has 2 aromatic carbocycles. The van der Waals surface area contributed by atoms with Crippen molar-refractivity contribution in [2.75, 3.05) is 0 Å². The van der Waals surface area contributed by atoms with Gasteiger partial charge < -0.3 is 0 Å². The number of non-ortho nitro benzene ring substituents is 1. The smallest absolute Gasteiger partial charge is 0.258 e. The summed E-state index contributed by atoms with van der Waals surface area (Å²) < 4.78 is 28.8. The Labute approximate surface area is 131 Å². The first-order chi connectivity index (χ1) is 9.99. The molecule has 0 aromatic heterocycles. The second-order valence-electron chi connectivity index (χ2n) is 3.81. The third-order valence-electron chi connectivity index (χ3n) is 2.39. The lowest BCUT2D eigenvalue weighted by atomic mass is 10.3. The number of halogens is 1. The summed E-state index contributed by atoms with van der Waals surface area (Å²) in [6.45, 7) is 0. The molecular formula is C12H10IN3O4S. The van der Waals surface area contributed by atoms with E-state index in [1.807, 2.05) is 30.3 Å². The predicted molar refractivity (Wildman–Crippen MR) is 85.0 cm³/mol. The zero-order valence-corrected chi connectivity index (χ0v) is 13.5. The van der Waals surface area contributed by atoms with Gasteiger partial charge in [-0.25, -0.2) is 8.42 Å². The van der Waals surface area contributed by atoms with E-state index in [1.54, 1.807) is 0 Å². The van der Waals surface area contributed by atoms with E-state index in [1.165, 1.54) is 12.1 Å². The predicted octanol–water partition coefficient (Wildman–Crippen LogP) is 2.81. The van der Waals surface area contributed by atoms with Gasteiger partial charge >= 0.3 is 0 Å². The van der Waals surface area contributed by atoms with Crippen molar-refractivity contribution < 1.29 is 13.3 Å². The molecule has 110 valence electrons. The molecule has 2 rings (SSSR count). The summed E-state index contributed by atoms with van der Waals surface area (Å²) in [5.41, 5.74) is -0.164. The van der Waals surface area contributed by atoms with Gasteiger partial charge in [-0.3, -0.25) is 10.1 Å². The van der Waals surface area contributed by atoms with Gasteiger partial charge in [-0.2, -0.15) is 3.25 Å². The van der Waals surface area contributed by atoms with Crippen LogP contribution >= 0.6 is 21.0 Å². The molecule has 0 saturated carbocycles. The average Bonchev–Trinajstić information content (AvgIpc) is 2.48. The highest BCUT2D eigenvalue weighted by molar-refractivity contribution is 14.2. The van der Waals surface area contributed by atoms with E-state index >= 15 is 0 Å². The zero-order chi connectivity index (χ0) is 15.3. The highest BCUT2D eigenvalue weighted by Crippen LogP contribution is 2.17. The maximum Gasteiger partial charge on any atom is 0.269 e. The minimum Gasteiger partial charge on any atom is -0.258 e. The van der Waals surface area contributed by atoms with E-state index in [9.17, 15) is 18.5 Å².